The second-order valence-corrected chi connectivity index (χ2v) is 4.93. The van der Waals surface area contributed by atoms with Gasteiger partial charge in [0.2, 0.25) is 0 Å². The van der Waals surface area contributed by atoms with Crippen LogP contribution in [-0.2, 0) is 0 Å². The molecule has 0 bridgehead atoms. The van der Waals surface area contributed by atoms with Gasteiger partial charge in [-0.25, -0.2) is 0 Å². The maximum absolute atomic E-state index is 2.37. The Labute approximate surface area is 102 Å². The van der Waals surface area contributed by atoms with Gasteiger partial charge in [0.05, 0.1) is 0 Å². The van der Waals surface area contributed by atoms with Gasteiger partial charge in [-0.15, -0.1) is 0 Å². The van der Waals surface area contributed by atoms with Crippen LogP contribution in [0.25, 0.3) is 0 Å². The molecule has 0 aliphatic heterocycles. The first-order valence-electron chi connectivity index (χ1n) is 7.30. The predicted molar refractivity (Wildman–Crippen MR) is 73.7 cm³/mol. The molecule has 0 N–H and O–H groups in total. The van der Waals surface area contributed by atoms with E-state index in [0.717, 1.165) is 0 Å². The van der Waals surface area contributed by atoms with E-state index in [1.54, 1.807) is 0 Å². The highest BCUT2D eigenvalue weighted by atomic mass is 14.0. The molecule has 1 rings (SSSR count). The number of hydrogen-bond donors (Lipinski definition) is 0. The molecule has 0 radical (unpaired) electrons. The largest absolute Gasteiger partial charge is 0.0885 e. The fourth-order valence-corrected chi connectivity index (χ4v) is 2.25. The lowest BCUT2D eigenvalue weighted by molar-refractivity contribution is 0.570. The Bertz CT molecular complexity index is 166. The second kappa shape index (κ2) is 11.0. The van der Waals surface area contributed by atoms with Gasteiger partial charge < -0.3 is 0 Å². The third-order valence-corrected chi connectivity index (χ3v) is 3.32. The molecule has 0 aromatic carbocycles. The minimum atomic E-state index is 1.23. The van der Waals surface area contributed by atoms with Gasteiger partial charge in [-0.05, 0) is 38.5 Å². The van der Waals surface area contributed by atoms with Crippen LogP contribution in [0.5, 0.6) is 0 Å². The summed E-state index contributed by atoms with van der Waals surface area (Å²) in [5.41, 5.74) is 0. The van der Waals surface area contributed by atoms with Gasteiger partial charge >= 0.3 is 0 Å². The Kier molecular flexibility index (Phi) is 9.30. The fourth-order valence-electron chi connectivity index (χ4n) is 2.25. The molecule has 16 heavy (non-hydrogen) atoms. The maximum atomic E-state index is 2.37. The summed E-state index contributed by atoms with van der Waals surface area (Å²) in [6.45, 7) is 0. The normalized spacial score (nSPS) is 26.0. The van der Waals surface area contributed by atoms with Crippen LogP contribution in [0.15, 0.2) is 24.3 Å². The minimum Gasteiger partial charge on any atom is -0.0885 e. The van der Waals surface area contributed by atoms with Gasteiger partial charge in [0, 0.05) is 0 Å². The van der Waals surface area contributed by atoms with E-state index in [2.05, 4.69) is 24.3 Å². The van der Waals surface area contributed by atoms with Crippen molar-refractivity contribution in [3.8, 4) is 0 Å². The zero-order valence-electron chi connectivity index (χ0n) is 10.8. The highest BCUT2D eigenvalue weighted by molar-refractivity contribution is 4.88. The van der Waals surface area contributed by atoms with Crippen molar-refractivity contribution in [2.75, 3.05) is 0 Å². The monoisotopic (exact) mass is 220 g/mol. The molecule has 0 spiro atoms. The summed E-state index contributed by atoms with van der Waals surface area (Å²) >= 11 is 0. The summed E-state index contributed by atoms with van der Waals surface area (Å²) in [7, 11) is 0. The molecule has 0 aromatic rings. The van der Waals surface area contributed by atoms with E-state index in [1.807, 2.05) is 0 Å². The van der Waals surface area contributed by atoms with Gasteiger partial charge in [-0.3, -0.25) is 0 Å². The number of hydrogen-bond acceptors (Lipinski definition) is 0. The number of rotatable bonds is 0. The molecule has 0 heteroatoms. The quantitative estimate of drug-likeness (QED) is 0.453. The van der Waals surface area contributed by atoms with Gasteiger partial charge in [-0.2, -0.15) is 0 Å². The van der Waals surface area contributed by atoms with Crippen molar-refractivity contribution in [2.24, 2.45) is 0 Å². The average molecular weight is 220 g/mol. The molecule has 0 atom stereocenters. The van der Waals surface area contributed by atoms with E-state index >= 15 is 0 Å². The highest BCUT2D eigenvalue weighted by Crippen LogP contribution is 2.11. The van der Waals surface area contributed by atoms with Gasteiger partial charge in [0.1, 0.15) is 0 Å². The van der Waals surface area contributed by atoms with Gasteiger partial charge in [0.15, 0.2) is 0 Å². The zero-order valence-corrected chi connectivity index (χ0v) is 10.8. The van der Waals surface area contributed by atoms with Crippen LogP contribution in [0.4, 0.5) is 0 Å². The second-order valence-electron chi connectivity index (χ2n) is 4.93. The topological polar surface area (TPSA) is 0 Å². The first-order chi connectivity index (χ1) is 8.00. The standard InChI is InChI=1S/C16H28/c1-2-4-6-8-10-12-14-16-15-13-11-9-7-5-3-1/h1-2,7,9H,3-6,8,10-16H2/b2-1+,9-7+. The Balaban J connectivity index is 2.14. The summed E-state index contributed by atoms with van der Waals surface area (Å²) < 4.78 is 0. The maximum Gasteiger partial charge on any atom is -0.0316 e. The van der Waals surface area contributed by atoms with Crippen molar-refractivity contribution in [3.05, 3.63) is 24.3 Å². The number of allylic oxidation sites excluding steroid dienone is 4. The smallest absolute Gasteiger partial charge is 0.0316 e. The lowest BCUT2D eigenvalue weighted by Gasteiger charge is -2.01. The lowest BCUT2D eigenvalue weighted by atomic mass is 10.1. The summed E-state index contributed by atoms with van der Waals surface area (Å²) in [4.78, 5) is 0. The van der Waals surface area contributed by atoms with Crippen molar-refractivity contribution in [3.63, 3.8) is 0 Å². The van der Waals surface area contributed by atoms with Crippen LogP contribution in [0.2, 0.25) is 0 Å². The van der Waals surface area contributed by atoms with E-state index in [-0.39, 0.29) is 0 Å². The molecule has 0 aromatic heterocycles. The molecule has 0 fully saturated rings. The molecule has 1 aliphatic rings. The molecule has 1 aliphatic carbocycles. The highest BCUT2D eigenvalue weighted by Gasteiger charge is 1.92. The third kappa shape index (κ3) is 8.76. The van der Waals surface area contributed by atoms with Crippen molar-refractivity contribution in [2.45, 2.75) is 77.0 Å². The first kappa shape index (κ1) is 13.5. The van der Waals surface area contributed by atoms with E-state index < -0.39 is 0 Å². The Morgan fingerprint density at radius 2 is 0.625 bits per heavy atom. The van der Waals surface area contributed by atoms with Crippen molar-refractivity contribution < 1.29 is 0 Å². The Morgan fingerprint density at radius 1 is 0.312 bits per heavy atom. The van der Waals surface area contributed by atoms with E-state index in [1.165, 1.54) is 77.0 Å². The van der Waals surface area contributed by atoms with Crippen LogP contribution < -0.4 is 0 Å². The first-order valence-corrected chi connectivity index (χ1v) is 7.30. The molecule has 0 saturated carbocycles. The average Bonchev–Trinajstić information content (AvgIpc) is 2.29. The van der Waals surface area contributed by atoms with Crippen LogP contribution >= 0.6 is 0 Å². The van der Waals surface area contributed by atoms with Crippen molar-refractivity contribution in [1.29, 1.82) is 0 Å². The summed E-state index contributed by atoms with van der Waals surface area (Å²) in [6, 6.07) is 0. The molecule has 0 amide bonds. The molecule has 92 valence electrons. The molecule has 0 unspecified atom stereocenters. The predicted octanol–water partition coefficient (Wildman–Crippen LogP) is 5.79. The van der Waals surface area contributed by atoms with Crippen LogP contribution in [0.1, 0.15) is 77.0 Å². The minimum absolute atomic E-state index is 1.23. The van der Waals surface area contributed by atoms with E-state index in [9.17, 15) is 0 Å². The van der Waals surface area contributed by atoms with E-state index in [0.29, 0.717) is 0 Å². The fraction of sp³-hybridized carbons (Fsp3) is 0.750. The van der Waals surface area contributed by atoms with Crippen LogP contribution in [-0.4, -0.2) is 0 Å². The van der Waals surface area contributed by atoms with Crippen LogP contribution in [0.3, 0.4) is 0 Å². The summed E-state index contributed by atoms with van der Waals surface area (Å²) in [5, 5.41) is 0. The van der Waals surface area contributed by atoms with E-state index in [4.69, 9.17) is 0 Å². The SMILES string of the molecule is C1=C/CCCCCCCCCC/C=C/CC/1. The van der Waals surface area contributed by atoms with Gasteiger partial charge in [-0.1, -0.05) is 62.8 Å². The zero-order chi connectivity index (χ0) is 11.3. The van der Waals surface area contributed by atoms with Crippen molar-refractivity contribution >= 4 is 0 Å². The van der Waals surface area contributed by atoms with Crippen molar-refractivity contribution in [1.82, 2.24) is 0 Å². The van der Waals surface area contributed by atoms with Crippen LogP contribution in [0, 0.1) is 0 Å². The van der Waals surface area contributed by atoms with Gasteiger partial charge in [0.25, 0.3) is 0 Å². The third-order valence-electron chi connectivity index (χ3n) is 3.32. The Morgan fingerprint density at radius 3 is 1.06 bits per heavy atom. The summed E-state index contributed by atoms with van der Waals surface area (Å²) in [6.07, 6.45) is 26.0. The molecular formula is C16H28. The molecule has 0 nitrogen and oxygen atoms in total. The molecule has 0 heterocycles. The molecular weight excluding hydrogens is 192 g/mol. The summed E-state index contributed by atoms with van der Waals surface area (Å²) in [5.74, 6) is 0. The lowest BCUT2D eigenvalue weighted by Crippen LogP contribution is -1.81. The molecule has 0 saturated heterocycles. The Hall–Kier alpha value is -0.520.